The van der Waals surface area contributed by atoms with Gasteiger partial charge < -0.3 is 9.47 Å². The summed E-state index contributed by atoms with van der Waals surface area (Å²) in [4.78, 5) is 23.7. The molecule has 5 nitrogen and oxygen atoms in total. The second kappa shape index (κ2) is 7.88. The number of benzene rings is 2. The maximum Gasteiger partial charge on any atom is 0.347 e. The van der Waals surface area contributed by atoms with Crippen LogP contribution in [0.25, 0.3) is 0 Å². The van der Waals surface area contributed by atoms with E-state index in [1.165, 1.54) is 19.1 Å². The third-order valence-electron chi connectivity index (χ3n) is 3.14. The summed E-state index contributed by atoms with van der Waals surface area (Å²) in [7, 11) is 0. The minimum atomic E-state index is -0.918. The van der Waals surface area contributed by atoms with E-state index in [2.05, 4.69) is 0 Å². The number of ether oxygens (including phenoxy) is 2. The number of esters is 1. The van der Waals surface area contributed by atoms with Crippen LogP contribution in [0.3, 0.4) is 0 Å². The van der Waals surface area contributed by atoms with Crippen molar-refractivity contribution in [3.05, 3.63) is 65.5 Å². The van der Waals surface area contributed by atoms with Crippen LogP contribution in [0.15, 0.2) is 48.5 Å². The van der Waals surface area contributed by atoms with Crippen molar-refractivity contribution in [3.63, 3.8) is 0 Å². The minimum absolute atomic E-state index is 0.255. The van der Waals surface area contributed by atoms with Crippen molar-refractivity contribution in [1.82, 2.24) is 0 Å². The number of nitrogens with zero attached hydrogens (tertiary/aromatic N) is 1. The fourth-order valence-electron chi connectivity index (χ4n) is 1.83. The SMILES string of the molecule is C[C@H](Oc1ccc(C#N)cc1)C(=O)OCC(=O)c1ccc(F)cc1. The topological polar surface area (TPSA) is 76.4 Å². The number of rotatable bonds is 6. The van der Waals surface area contributed by atoms with Crippen molar-refractivity contribution >= 4 is 11.8 Å². The van der Waals surface area contributed by atoms with E-state index in [4.69, 9.17) is 14.7 Å². The van der Waals surface area contributed by atoms with E-state index in [-0.39, 0.29) is 5.56 Å². The Kier molecular flexibility index (Phi) is 5.63. The zero-order chi connectivity index (χ0) is 17.5. The average molecular weight is 327 g/mol. The molecular formula is C18H14FNO4. The van der Waals surface area contributed by atoms with E-state index in [1.807, 2.05) is 6.07 Å². The first-order valence-corrected chi connectivity index (χ1v) is 7.12. The summed E-state index contributed by atoms with van der Waals surface area (Å²) in [6, 6.07) is 13.2. The Hall–Kier alpha value is -3.20. The molecule has 0 unspecified atom stereocenters. The zero-order valence-electron chi connectivity index (χ0n) is 12.9. The monoisotopic (exact) mass is 327 g/mol. The maximum atomic E-state index is 12.8. The number of hydrogen-bond acceptors (Lipinski definition) is 5. The number of Topliss-reactive ketones (excluding diaryl/α,β-unsaturated/α-hetero) is 1. The van der Waals surface area contributed by atoms with Crippen LogP contribution in [0.1, 0.15) is 22.8 Å². The first-order valence-electron chi connectivity index (χ1n) is 7.12. The molecule has 0 spiro atoms. The molecule has 0 bridgehead atoms. The smallest absolute Gasteiger partial charge is 0.347 e. The van der Waals surface area contributed by atoms with Crippen molar-refractivity contribution in [2.75, 3.05) is 6.61 Å². The molecule has 0 heterocycles. The zero-order valence-corrected chi connectivity index (χ0v) is 12.9. The Bertz CT molecular complexity index is 763. The third kappa shape index (κ3) is 4.65. The summed E-state index contributed by atoms with van der Waals surface area (Å²) < 4.78 is 23.1. The van der Waals surface area contributed by atoms with Gasteiger partial charge in [0, 0.05) is 5.56 Å². The van der Waals surface area contributed by atoms with E-state index in [0.717, 1.165) is 12.1 Å². The highest BCUT2D eigenvalue weighted by molar-refractivity contribution is 5.98. The molecule has 6 heteroatoms. The van der Waals surface area contributed by atoms with Crippen LogP contribution in [0.4, 0.5) is 4.39 Å². The van der Waals surface area contributed by atoms with Gasteiger partial charge >= 0.3 is 5.97 Å². The Morgan fingerprint density at radius 2 is 1.75 bits per heavy atom. The summed E-state index contributed by atoms with van der Waals surface area (Å²) in [6.45, 7) is 1.04. The molecule has 2 aromatic rings. The van der Waals surface area contributed by atoms with Crippen LogP contribution in [-0.4, -0.2) is 24.5 Å². The van der Waals surface area contributed by atoms with Crippen molar-refractivity contribution in [2.24, 2.45) is 0 Å². The second-order valence-corrected chi connectivity index (χ2v) is 4.93. The van der Waals surface area contributed by atoms with E-state index in [1.54, 1.807) is 24.3 Å². The van der Waals surface area contributed by atoms with Crippen LogP contribution in [0, 0.1) is 17.1 Å². The maximum absolute atomic E-state index is 12.8. The summed E-state index contributed by atoms with van der Waals surface area (Å²) >= 11 is 0. The van der Waals surface area contributed by atoms with E-state index < -0.39 is 30.3 Å². The predicted molar refractivity (Wildman–Crippen MR) is 82.9 cm³/mol. The molecule has 24 heavy (non-hydrogen) atoms. The van der Waals surface area contributed by atoms with Crippen LogP contribution >= 0.6 is 0 Å². The van der Waals surface area contributed by atoms with Crippen LogP contribution in [-0.2, 0) is 9.53 Å². The third-order valence-corrected chi connectivity index (χ3v) is 3.14. The summed E-state index contributed by atoms with van der Waals surface area (Å²) in [6.07, 6.45) is -0.918. The Labute approximate surface area is 138 Å². The molecule has 0 aliphatic carbocycles. The highest BCUT2D eigenvalue weighted by Gasteiger charge is 2.18. The number of nitriles is 1. The quantitative estimate of drug-likeness (QED) is 0.602. The van der Waals surface area contributed by atoms with Crippen LogP contribution < -0.4 is 4.74 Å². The van der Waals surface area contributed by atoms with Crippen molar-refractivity contribution in [3.8, 4) is 11.8 Å². The largest absolute Gasteiger partial charge is 0.479 e. The predicted octanol–water partition coefficient (Wildman–Crippen LogP) is 2.89. The van der Waals surface area contributed by atoms with Gasteiger partial charge in [0.2, 0.25) is 0 Å². The molecule has 0 aromatic heterocycles. The minimum Gasteiger partial charge on any atom is -0.479 e. The number of halogens is 1. The van der Waals surface area contributed by atoms with Gasteiger partial charge in [0.25, 0.3) is 0 Å². The van der Waals surface area contributed by atoms with Crippen LogP contribution in [0.2, 0.25) is 0 Å². The number of carbonyl (C=O) groups excluding carboxylic acids is 2. The second-order valence-electron chi connectivity index (χ2n) is 4.93. The van der Waals surface area contributed by atoms with Gasteiger partial charge in [-0.2, -0.15) is 5.26 Å². The molecular weight excluding hydrogens is 313 g/mol. The lowest BCUT2D eigenvalue weighted by Crippen LogP contribution is -2.28. The molecule has 2 aromatic carbocycles. The van der Waals surface area contributed by atoms with Gasteiger partial charge in [0.05, 0.1) is 11.6 Å². The standard InChI is InChI=1S/C18H14FNO4/c1-12(24-16-8-2-13(10-20)3-9-16)18(22)23-11-17(21)14-4-6-15(19)7-5-14/h2-9,12H,11H2,1H3/t12-/m0/s1. The highest BCUT2D eigenvalue weighted by atomic mass is 19.1. The Morgan fingerprint density at radius 3 is 2.33 bits per heavy atom. The number of hydrogen-bond donors (Lipinski definition) is 0. The molecule has 0 amide bonds. The van der Waals surface area contributed by atoms with Crippen LogP contribution in [0.5, 0.6) is 5.75 Å². The van der Waals surface area contributed by atoms with Crippen molar-refractivity contribution < 1.29 is 23.5 Å². The molecule has 0 saturated carbocycles. The number of ketones is 1. The average Bonchev–Trinajstić information content (AvgIpc) is 2.60. The van der Waals surface area contributed by atoms with E-state index in [9.17, 15) is 14.0 Å². The summed E-state index contributed by atoms with van der Waals surface area (Å²) in [5.41, 5.74) is 0.729. The van der Waals surface area contributed by atoms with Gasteiger partial charge in [0.1, 0.15) is 11.6 Å². The van der Waals surface area contributed by atoms with Gasteiger partial charge in [-0.1, -0.05) is 0 Å². The summed E-state index contributed by atoms with van der Waals surface area (Å²) in [5, 5.41) is 8.71. The van der Waals surface area contributed by atoms with Gasteiger partial charge in [-0.25, -0.2) is 9.18 Å². The van der Waals surface area contributed by atoms with E-state index in [0.29, 0.717) is 11.3 Å². The molecule has 0 fully saturated rings. The van der Waals surface area contributed by atoms with Gasteiger partial charge in [-0.3, -0.25) is 4.79 Å². The molecule has 2 rings (SSSR count). The first-order chi connectivity index (χ1) is 11.5. The summed E-state index contributed by atoms with van der Waals surface area (Å²) in [5.74, 6) is -1.18. The molecule has 0 radical (unpaired) electrons. The molecule has 0 aliphatic heterocycles. The molecule has 0 saturated heterocycles. The highest BCUT2D eigenvalue weighted by Crippen LogP contribution is 2.14. The normalized spacial score (nSPS) is 11.2. The molecule has 1 atom stereocenters. The lowest BCUT2D eigenvalue weighted by Gasteiger charge is -2.13. The number of carbonyl (C=O) groups is 2. The molecule has 0 aliphatic rings. The van der Waals surface area contributed by atoms with Gasteiger partial charge in [-0.05, 0) is 55.5 Å². The van der Waals surface area contributed by atoms with Crippen molar-refractivity contribution in [2.45, 2.75) is 13.0 Å². The lowest BCUT2D eigenvalue weighted by molar-refractivity contribution is -0.149. The van der Waals surface area contributed by atoms with Crippen molar-refractivity contribution in [1.29, 1.82) is 5.26 Å². The lowest BCUT2D eigenvalue weighted by atomic mass is 10.1. The molecule has 0 N–H and O–H groups in total. The van der Waals surface area contributed by atoms with Gasteiger partial charge in [0.15, 0.2) is 18.5 Å². The fraction of sp³-hybridized carbons (Fsp3) is 0.167. The fourth-order valence-corrected chi connectivity index (χ4v) is 1.83. The Balaban J connectivity index is 1.85. The van der Waals surface area contributed by atoms with Gasteiger partial charge in [-0.15, -0.1) is 0 Å². The van der Waals surface area contributed by atoms with E-state index >= 15 is 0 Å². The Morgan fingerprint density at radius 1 is 1.12 bits per heavy atom. The first kappa shape index (κ1) is 17.2. The molecule has 122 valence electrons.